The maximum atomic E-state index is 13.4. The van der Waals surface area contributed by atoms with E-state index in [0.29, 0.717) is 42.3 Å². The van der Waals surface area contributed by atoms with E-state index in [4.69, 9.17) is 5.73 Å². The predicted molar refractivity (Wildman–Crippen MR) is 149 cm³/mol. The van der Waals surface area contributed by atoms with E-state index in [9.17, 15) is 9.59 Å². The van der Waals surface area contributed by atoms with Crippen molar-refractivity contribution in [3.63, 3.8) is 0 Å². The van der Waals surface area contributed by atoms with Gasteiger partial charge in [-0.05, 0) is 56.0 Å². The average molecular weight is 503 g/mol. The van der Waals surface area contributed by atoms with Gasteiger partial charge in [0.2, 0.25) is 11.8 Å². The zero-order valence-corrected chi connectivity index (χ0v) is 22.4. The maximum Gasteiger partial charge on any atom is 0.250 e. The van der Waals surface area contributed by atoms with Crippen molar-refractivity contribution in [2.24, 2.45) is 10.7 Å². The van der Waals surface area contributed by atoms with E-state index >= 15 is 0 Å². The number of amidine groups is 1. The van der Waals surface area contributed by atoms with Crippen molar-refractivity contribution in [3.8, 4) is 0 Å². The summed E-state index contributed by atoms with van der Waals surface area (Å²) in [6.07, 6.45) is 6.62. The van der Waals surface area contributed by atoms with E-state index in [-0.39, 0.29) is 11.8 Å². The van der Waals surface area contributed by atoms with Crippen molar-refractivity contribution in [2.45, 2.75) is 65.3 Å². The largest absolute Gasteiger partial charge is 0.387 e. The van der Waals surface area contributed by atoms with Crippen LogP contribution in [0.25, 0.3) is 6.08 Å². The van der Waals surface area contributed by atoms with Crippen LogP contribution >= 0.6 is 0 Å². The van der Waals surface area contributed by atoms with Crippen LogP contribution in [0.5, 0.6) is 0 Å². The van der Waals surface area contributed by atoms with E-state index in [0.717, 1.165) is 54.7 Å². The van der Waals surface area contributed by atoms with Crippen LogP contribution in [-0.4, -0.2) is 47.2 Å². The maximum absolute atomic E-state index is 13.4. The Kier molecular flexibility index (Phi) is 8.07. The van der Waals surface area contributed by atoms with Crippen LogP contribution in [0, 0.1) is 0 Å². The molecule has 0 bridgehead atoms. The number of hydrogen-bond acceptors (Lipinski definition) is 6. The molecule has 0 unspecified atom stereocenters. The number of nitrogens with one attached hydrogen (secondary N) is 2. The van der Waals surface area contributed by atoms with Crippen molar-refractivity contribution in [1.82, 2.24) is 15.2 Å². The Morgan fingerprint density at radius 2 is 1.92 bits per heavy atom. The van der Waals surface area contributed by atoms with Crippen molar-refractivity contribution in [1.29, 1.82) is 0 Å². The fourth-order valence-electron chi connectivity index (χ4n) is 4.81. The van der Waals surface area contributed by atoms with E-state index in [1.165, 1.54) is 0 Å². The number of benzene rings is 1. The minimum atomic E-state index is -0.832. The van der Waals surface area contributed by atoms with Gasteiger partial charge in [-0.25, -0.2) is 4.99 Å². The molecule has 0 radical (unpaired) electrons. The molecule has 0 aliphatic carbocycles. The Morgan fingerprint density at radius 1 is 1.16 bits per heavy atom. The van der Waals surface area contributed by atoms with Gasteiger partial charge in [0, 0.05) is 55.9 Å². The molecular formula is C29H38N6O2. The number of anilines is 1. The highest BCUT2D eigenvalue weighted by atomic mass is 16.2. The van der Waals surface area contributed by atoms with Gasteiger partial charge in [-0.1, -0.05) is 26.0 Å². The topological polar surface area (TPSA) is 113 Å². The zero-order chi connectivity index (χ0) is 26.6. The number of amides is 2. The third kappa shape index (κ3) is 5.91. The number of hydrogen-bond donors (Lipinski definition) is 3. The molecule has 8 heteroatoms. The van der Waals surface area contributed by atoms with Gasteiger partial charge in [-0.3, -0.25) is 14.6 Å². The fraction of sp³-hybridized carbons (Fsp3) is 0.448. The van der Waals surface area contributed by atoms with Gasteiger partial charge in [0.05, 0.1) is 23.0 Å². The lowest BCUT2D eigenvalue weighted by molar-refractivity contribution is -0.127. The van der Waals surface area contributed by atoms with Crippen LogP contribution in [0.15, 0.2) is 41.0 Å². The molecule has 37 heavy (non-hydrogen) atoms. The first-order chi connectivity index (χ1) is 17.7. The Morgan fingerprint density at radius 3 is 2.65 bits per heavy atom. The van der Waals surface area contributed by atoms with Gasteiger partial charge in [-0.15, -0.1) is 0 Å². The molecule has 4 N–H and O–H groups in total. The van der Waals surface area contributed by atoms with E-state index in [1.807, 2.05) is 49.1 Å². The lowest BCUT2D eigenvalue weighted by atomic mass is 9.82. The summed E-state index contributed by atoms with van der Waals surface area (Å²) < 4.78 is 0. The SMILES string of the molecule is CCCN(CCC)C(=O)C1=Cc2ccc(C(C)(C)C(=O)Nc3cnc4c(c3)CNCC4)cc2N=C(N)C1. The van der Waals surface area contributed by atoms with Crippen LogP contribution in [0.4, 0.5) is 11.4 Å². The van der Waals surface area contributed by atoms with Gasteiger partial charge in [0.1, 0.15) is 5.84 Å². The smallest absolute Gasteiger partial charge is 0.250 e. The molecule has 2 aliphatic rings. The molecule has 2 aliphatic heterocycles. The van der Waals surface area contributed by atoms with E-state index in [2.05, 4.69) is 34.5 Å². The number of aliphatic imine (C=N–C) groups is 1. The first-order valence-electron chi connectivity index (χ1n) is 13.2. The first-order valence-corrected chi connectivity index (χ1v) is 13.2. The summed E-state index contributed by atoms with van der Waals surface area (Å²) >= 11 is 0. The second-order valence-electron chi connectivity index (χ2n) is 10.4. The molecule has 0 fully saturated rings. The molecule has 0 saturated carbocycles. The lowest BCUT2D eigenvalue weighted by Gasteiger charge is -2.25. The summed E-state index contributed by atoms with van der Waals surface area (Å²) in [4.78, 5) is 37.7. The van der Waals surface area contributed by atoms with Crippen LogP contribution in [0.1, 0.15) is 69.3 Å². The van der Waals surface area contributed by atoms with E-state index in [1.54, 1.807) is 6.20 Å². The average Bonchev–Trinajstić information content (AvgIpc) is 3.05. The Bertz CT molecular complexity index is 1240. The second kappa shape index (κ2) is 11.3. The Hall–Kier alpha value is -3.52. The predicted octanol–water partition coefficient (Wildman–Crippen LogP) is 4.07. The van der Waals surface area contributed by atoms with Gasteiger partial charge in [-0.2, -0.15) is 0 Å². The molecule has 1 aromatic carbocycles. The minimum Gasteiger partial charge on any atom is -0.387 e. The second-order valence-corrected chi connectivity index (χ2v) is 10.4. The van der Waals surface area contributed by atoms with Crippen molar-refractivity contribution < 1.29 is 9.59 Å². The third-order valence-electron chi connectivity index (χ3n) is 7.01. The molecule has 0 spiro atoms. The summed E-state index contributed by atoms with van der Waals surface area (Å²) in [6.45, 7) is 11.0. The van der Waals surface area contributed by atoms with E-state index < -0.39 is 5.41 Å². The van der Waals surface area contributed by atoms with Crippen molar-refractivity contribution in [3.05, 3.63) is 58.4 Å². The van der Waals surface area contributed by atoms with Crippen LogP contribution < -0.4 is 16.4 Å². The number of nitrogens with zero attached hydrogens (tertiary/aromatic N) is 3. The number of nitrogens with two attached hydrogens (primary N) is 1. The monoisotopic (exact) mass is 502 g/mol. The lowest BCUT2D eigenvalue weighted by Crippen LogP contribution is -2.35. The molecule has 4 rings (SSSR count). The summed E-state index contributed by atoms with van der Waals surface area (Å²) in [5, 5.41) is 6.38. The molecule has 196 valence electrons. The van der Waals surface area contributed by atoms with Crippen molar-refractivity contribution >= 4 is 35.1 Å². The highest BCUT2D eigenvalue weighted by Gasteiger charge is 2.31. The summed E-state index contributed by atoms with van der Waals surface area (Å²) in [5.74, 6) is 0.261. The fourth-order valence-corrected chi connectivity index (χ4v) is 4.81. The normalized spacial score (nSPS) is 15.0. The minimum absolute atomic E-state index is 0.00680. The van der Waals surface area contributed by atoms with Gasteiger partial charge >= 0.3 is 0 Å². The third-order valence-corrected chi connectivity index (χ3v) is 7.01. The molecule has 2 aromatic rings. The number of aromatic nitrogens is 1. The number of rotatable bonds is 8. The quantitative estimate of drug-likeness (QED) is 0.504. The number of fused-ring (bicyclic) bond motifs is 2. The molecule has 0 atom stereocenters. The first kappa shape index (κ1) is 26.5. The summed E-state index contributed by atoms with van der Waals surface area (Å²) in [6, 6.07) is 7.74. The highest BCUT2D eigenvalue weighted by molar-refractivity contribution is 6.05. The van der Waals surface area contributed by atoms with Gasteiger partial charge in [0.15, 0.2) is 0 Å². The molecule has 2 amide bonds. The molecule has 0 saturated heterocycles. The summed E-state index contributed by atoms with van der Waals surface area (Å²) in [7, 11) is 0. The van der Waals surface area contributed by atoms with Crippen LogP contribution in [0.2, 0.25) is 0 Å². The zero-order valence-electron chi connectivity index (χ0n) is 22.4. The molecule has 8 nitrogen and oxygen atoms in total. The Labute approximate surface area is 219 Å². The number of pyridine rings is 1. The standard InChI is InChI=1S/C29H38N6O2/c1-5-11-35(12-6-2)27(36)20-13-19-7-8-22(16-25(19)34-26(30)15-20)29(3,4)28(37)33-23-14-21-17-31-10-9-24(21)32-18-23/h7-8,13-14,16,18,31H,5-6,9-12,15,17H2,1-4H3,(H2,30,34)(H,33,37). The highest BCUT2D eigenvalue weighted by Crippen LogP contribution is 2.34. The Balaban J connectivity index is 1.58. The number of carbonyl (C=O) groups excluding carboxylic acids is 2. The molecule has 1 aromatic heterocycles. The summed E-state index contributed by atoms with van der Waals surface area (Å²) in [5.41, 5.74) is 11.2. The number of carbonyl (C=O) groups is 2. The van der Waals surface area contributed by atoms with Crippen molar-refractivity contribution in [2.75, 3.05) is 25.0 Å². The van der Waals surface area contributed by atoms with Crippen LogP contribution in [0.3, 0.4) is 0 Å². The van der Waals surface area contributed by atoms with Crippen LogP contribution in [-0.2, 0) is 28.0 Å². The van der Waals surface area contributed by atoms with Gasteiger partial charge in [0.25, 0.3) is 0 Å². The molecular weight excluding hydrogens is 464 g/mol. The van der Waals surface area contributed by atoms with Gasteiger partial charge < -0.3 is 21.3 Å². The molecule has 3 heterocycles.